The first kappa shape index (κ1) is 11.5. The lowest BCUT2D eigenvalue weighted by molar-refractivity contribution is 0.0699. The molecule has 1 aromatic carbocycles. The third kappa shape index (κ3) is 1.86. The minimum atomic E-state index is -0.953. The molecule has 1 aromatic heterocycles. The number of aromatic carboxylic acids is 1. The summed E-state index contributed by atoms with van der Waals surface area (Å²) in [7, 11) is 0. The molecule has 1 atom stereocenters. The van der Waals surface area contributed by atoms with Crippen LogP contribution in [0.2, 0.25) is 0 Å². The van der Waals surface area contributed by atoms with E-state index in [1.165, 1.54) is 12.2 Å². The van der Waals surface area contributed by atoms with Crippen molar-refractivity contribution in [2.24, 2.45) is 0 Å². The van der Waals surface area contributed by atoms with Crippen LogP contribution in [-0.2, 0) is 0 Å². The number of carboxylic acids is 1. The molecular weight excluding hydrogens is 250 g/mol. The van der Waals surface area contributed by atoms with Crippen molar-refractivity contribution in [3.05, 3.63) is 23.8 Å². The minimum absolute atomic E-state index is 0.224. The monoisotopic (exact) mass is 263 g/mol. The maximum absolute atomic E-state index is 11.1. The molecule has 18 heavy (non-hydrogen) atoms. The zero-order valence-electron chi connectivity index (χ0n) is 9.74. The first-order chi connectivity index (χ1) is 8.77. The number of rotatable bonds is 2. The maximum Gasteiger partial charge on any atom is 0.338 e. The van der Waals surface area contributed by atoms with Crippen LogP contribution in [0.5, 0.6) is 0 Å². The van der Waals surface area contributed by atoms with Crippen LogP contribution in [0.1, 0.15) is 29.2 Å². The molecule has 94 valence electrons. The highest BCUT2D eigenvalue weighted by molar-refractivity contribution is 7.99. The molecule has 6 heteroatoms. The molecule has 0 spiro atoms. The fourth-order valence-corrected chi connectivity index (χ4v) is 3.44. The summed E-state index contributed by atoms with van der Waals surface area (Å²) in [5.74, 6) is 1.27. The zero-order chi connectivity index (χ0) is 12.5. The highest BCUT2D eigenvalue weighted by atomic mass is 32.2. The van der Waals surface area contributed by atoms with Crippen molar-refractivity contribution < 1.29 is 9.90 Å². The Balaban J connectivity index is 2.08. The van der Waals surface area contributed by atoms with Gasteiger partial charge in [-0.25, -0.2) is 9.48 Å². The summed E-state index contributed by atoms with van der Waals surface area (Å²) in [4.78, 5) is 11.1. The van der Waals surface area contributed by atoms with Crippen molar-refractivity contribution in [2.75, 3.05) is 11.5 Å². The summed E-state index contributed by atoms with van der Waals surface area (Å²) in [6.07, 6.45) is 2.26. The number of hydrogen-bond acceptors (Lipinski definition) is 4. The molecule has 0 saturated carbocycles. The zero-order valence-corrected chi connectivity index (χ0v) is 10.6. The van der Waals surface area contributed by atoms with Crippen molar-refractivity contribution >= 4 is 28.8 Å². The fraction of sp³-hybridized carbons (Fsp3) is 0.417. The minimum Gasteiger partial charge on any atom is -0.478 e. The summed E-state index contributed by atoms with van der Waals surface area (Å²) in [5, 5.41) is 17.3. The van der Waals surface area contributed by atoms with Crippen LogP contribution in [0.25, 0.3) is 11.0 Å². The van der Waals surface area contributed by atoms with Gasteiger partial charge >= 0.3 is 5.97 Å². The van der Waals surface area contributed by atoms with Gasteiger partial charge in [0, 0.05) is 5.75 Å². The molecule has 1 aliphatic heterocycles. The van der Waals surface area contributed by atoms with Gasteiger partial charge in [0.1, 0.15) is 5.52 Å². The van der Waals surface area contributed by atoms with E-state index < -0.39 is 5.97 Å². The molecule has 0 amide bonds. The lowest BCUT2D eigenvalue weighted by atomic mass is 10.1. The van der Waals surface area contributed by atoms with E-state index >= 15 is 0 Å². The van der Waals surface area contributed by atoms with Crippen LogP contribution in [0.4, 0.5) is 0 Å². The molecule has 1 N–H and O–H groups in total. The van der Waals surface area contributed by atoms with Crippen molar-refractivity contribution in [3.63, 3.8) is 0 Å². The molecule has 1 unspecified atom stereocenters. The Morgan fingerprint density at radius 2 is 2.39 bits per heavy atom. The molecule has 5 nitrogen and oxygen atoms in total. The Morgan fingerprint density at radius 3 is 3.11 bits per heavy atom. The summed E-state index contributed by atoms with van der Waals surface area (Å²) >= 11 is 1.92. The van der Waals surface area contributed by atoms with E-state index in [0.29, 0.717) is 11.6 Å². The highest BCUT2D eigenvalue weighted by Gasteiger charge is 2.21. The molecule has 1 aliphatic rings. The van der Waals surface area contributed by atoms with Crippen LogP contribution >= 0.6 is 11.8 Å². The third-order valence-corrected chi connectivity index (χ3v) is 4.41. The van der Waals surface area contributed by atoms with Gasteiger partial charge in [0.2, 0.25) is 0 Å². The second kappa shape index (κ2) is 4.61. The number of thioether (sulfide) groups is 1. The Kier molecular flexibility index (Phi) is 2.95. The Morgan fingerprint density at radius 1 is 1.50 bits per heavy atom. The lowest BCUT2D eigenvalue weighted by Gasteiger charge is -2.21. The maximum atomic E-state index is 11.1. The van der Waals surface area contributed by atoms with Crippen molar-refractivity contribution in [3.8, 4) is 0 Å². The molecule has 3 rings (SSSR count). The van der Waals surface area contributed by atoms with E-state index in [-0.39, 0.29) is 5.56 Å². The average molecular weight is 263 g/mol. The number of aromatic nitrogens is 3. The van der Waals surface area contributed by atoms with Crippen molar-refractivity contribution in [2.45, 2.75) is 18.9 Å². The van der Waals surface area contributed by atoms with E-state index in [2.05, 4.69) is 10.3 Å². The average Bonchev–Trinajstić information content (AvgIpc) is 2.83. The van der Waals surface area contributed by atoms with E-state index in [1.807, 2.05) is 22.5 Å². The summed E-state index contributed by atoms with van der Waals surface area (Å²) in [6, 6.07) is 5.54. The van der Waals surface area contributed by atoms with Gasteiger partial charge in [0.25, 0.3) is 0 Å². The molecule has 1 saturated heterocycles. The number of hydrogen-bond donors (Lipinski definition) is 1. The number of carbonyl (C=O) groups is 1. The first-order valence-electron chi connectivity index (χ1n) is 5.92. The quantitative estimate of drug-likeness (QED) is 0.899. The molecule has 2 heterocycles. The van der Waals surface area contributed by atoms with Crippen LogP contribution in [0, 0.1) is 0 Å². The first-order valence-corrected chi connectivity index (χ1v) is 7.08. The second-order valence-electron chi connectivity index (χ2n) is 4.38. The Hall–Kier alpha value is -1.56. The van der Waals surface area contributed by atoms with E-state index in [1.54, 1.807) is 12.1 Å². The van der Waals surface area contributed by atoms with Gasteiger partial charge in [-0.2, -0.15) is 11.8 Å². The topological polar surface area (TPSA) is 68.0 Å². The predicted octanol–water partition coefficient (Wildman–Crippen LogP) is 2.20. The highest BCUT2D eigenvalue weighted by Crippen LogP contribution is 2.29. The third-order valence-electron chi connectivity index (χ3n) is 3.22. The summed E-state index contributed by atoms with van der Waals surface area (Å²) < 4.78 is 1.88. The van der Waals surface area contributed by atoms with Gasteiger partial charge in [0.05, 0.1) is 17.1 Å². The van der Waals surface area contributed by atoms with E-state index in [0.717, 1.165) is 17.7 Å². The summed E-state index contributed by atoms with van der Waals surface area (Å²) in [5.41, 5.74) is 1.53. The lowest BCUT2D eigenvalue weighted by Crippen LogP contribution is -2.17. The van der Waals surface area contributed by atoms with Gasteiger partial charge in [-0.1, -0.05) is 11.3 Å². The Bertz CT molecular complexity index is 590. The van der Waals surface area contributed by atoms with Gasteiger partial charge < -0.3 is 5.11 Å². The molecule has 0 bridgehead atoms. The Labute approximate surface area is 108 Å². The second-order valence-corrected chi connectivity index (χ2v) is 5.53. The fourth-order valence-electron chi connectivity index (χ4n) is 2.32. The van der Waals surface area contributed by atoms with Crippen LogP contribution in [0.15, 0.2) is 18.2 Å². The van der Waals surface area contributed by atoms with Gasteiger partial charge in [0.15, 0.2) is 0 Å². The largest absolute Gasteiger partial charge is 0.478 e. The number of benzene rings is 1. The number of carboxylic acid groups (broad SMARTS) is 1. The van der Waals surface area contributed by atoms with Crippen LogP contribution in [-0.4, -0.2) is 37.6 Å². The molecule has 0 aliphatic carbocycles. The van der Waals surface area contributed by atoms with Gasteiger partial charge in [-0.05, 0) is 30.7 Å². The van der Waals surface area contributed by atoms with Crippen LogP contribution < -0.4 is 0 Å². The van der Waals surface area contributed by atoms with Gasteiger partial charge in [-0.3, -0.25) is 0 Å². The van der Waals surface area contributed by atoms with Crippen LogP contribution in [0.3, 0.4) is 0 Å². The number of nitrogens with zero attached hydrogens (tertiary/aromatic N) is 3. The molecular formula is C12H13N3O2S. The van der Waals surface area contributed by atoms with E-state index in [4.69, 9.17) is 5.11 Å². The number of fused-ring (bicyclic) bond motifs is 1. The summed E-state index contributed by atoms with van der Waals surface area (Å²) in [6.45, 7) is 0. The molecule has 0 radical (unpaired) electrons. The smallest absolute Gasteiger partial charge is 0.338 e. The normalized spacial score (nSPS) is 20.1. The van der Waals surface area contributed by atoms with Crippen molar-refractivity contribution in [1.82, 2.24) is 15.0 Å². The van der Waals surface area contributed by atoms with Crippen molar-refractivity contribution in [1.29, 1.82) is 0 Å². The predicted molar refractivity (Wildman–Crippen MR) is 70.1 cm³/mol. The van der Waals surface area contributed by atoms with E-state index in [9.17, 15) is 4.79 Å². The molecule has 1 fully saturated rings. The SMILES string of the molecule is O=C(O)c1cccc2c1nnn2C1CCCSC1. The van der Waals surface area contributed by atoms with Gasteiger partial charge in [-0.15, -0.1) is 5.10 Å². The standard InChI is InChI=1S/C12H13N3O2S/c16-12(17)9-4-1-5-10-11(9)13-14-15(10)8-3-2-6-18-7-8/h1,4-5,8H,2-3,6-7H2,(H,16,17). The molecule has 2 aromatic rings.